The van der Waals surface area contributed by atoms with Crippen LogP contribution >= 0.6 is 0 Å². The van der Waals surface area contributed by atoms with Crippen molar-refractivity contribution in [3.63, 3.8) is 0 Å². The number of benzene rings is 1. The van der Waals surface area contributed by atoms with Gasteiger partial charge in [-0.1, -0.05) is 6.07 Å². The number of aryl methyl sites for hydroxylation is 3. The van der Waals surface area contributed by atoms with Crippen LogP contribution in [-0.2, 0) is 4.79 Å². The van der Waals surface area contributed by atoms with E-state index in [0.29, 0.717) is 18.6 Å². The quantitative estimate of drug-likeness (QED) is 0.745. The fourth-order valence-corrected chi connectivity index (χ4v) is 2.65. The van der Waals surface area contributed by atoms with Gasteiger partial charge in [-0.05, 0) is 56.4 Å². The van der Waals surface area contributed by atoms with E-state index in [1.54, 1.807) is 0 Å². The lowest BCUT2D eigenvalue weighted by atomic mass is 9.82. The van der Waals surface area contributed by atoms with Gasteiger partial charge in [-0.15, -0.1) is 0 Å². The molecule has 0 atom stereocenters. The highest BCUT2D eigenvalue weighted by Crippen LogP contribution is 2.27. The van der Waals surface area contributed by atoms with Gasteiger partial charge < -0.3 is 0 Å². The predicted octanol–water partition coefficient (Wildman–Crippen LogP) is 3.55. The molecule has 2 rings (SSSR count). The van der Waals surface area contributed by atoms with Gasteiger partial charge in [-0.25, -0.2) is 0 Å². The lowest BCUT2D eigenvalue weighted by Gasteiger charge is -2.21. The first-order valence-electron chi connectivity index (χ1n) is 6.63. The minimum atomic E-state index is 0.0449. The van der Waals surface area contributed by atoms with E-state index in [-0.39, 0.29) is 11.7 Å². The molecule has 0 N–H and O–H groups in total. The average Bonchev–Trinajstić information content (AvgIpc) is 2.34. The topological polar surface area (TPSA) is 34.1 Å². The van der Waals surface area contributed by atoms with Crippen molar-refractivity contribution in [1.29, 1.82) is 0 Å². The molecule has 1 aliphatic rings. The van der Waals surface area contributed by atoms with Gasteiger partial charge in [0.05, 0.1) is 0 Å². The molecule has 0 aliphatic heterocycles. The summed E-state index contributed by atoms with van der Waals surface area (Å²) < 4.78 is 0. The van der Waals surface area contributed by atoms with Crippen LogP contribution in [0.1, 0.15) is 52.7 Å². The van der Waals surface area contributed by atoms with E-state index >= 15 is 0 Å². The second-order valence-electron chi connectivity index (χ2n) is 5.43. The highest BCUT2D eigenvalue weighted by molar-refractivity contribution is 6.00. The van der Waals surface area contributed by atoms with Gasteiger partial charge >= 0.3 is 0 Å². The van der Waals surface area contributed by atoms with Crippen molar-refractivity contribution in [3.8, 4) is 0 Å². The largest absolute Gasteiger partial charge is 0.300 e. The number of carbonyl (C=O) groups is 2. The maximum Gasteiger partial charge on any atom is 0.166 e. The molecule has 0 bridgehead atoms. The van der Waals surface area contributed by atoms with Gasteiger partial charge in [0.15, 0.2) is 5.78 Å². The van der Waals surface area contributed by atoms with Crippen molar-refractivity contribution in [2.45, 2.75) is 46.5 Å². The molecule has 1 saturated carbocycles. The van der Waals surface area contributed by atoms with Crippen molar-refractivity contribution in [3.05, 3.63) is 34.4 Å². The third kappa shape index (κ3) is 2.53. The Hall–Kier alpha value is -1.44. The fraction of sp³-hybridized carbons (Fsp3) is 0.500. The van der Waals surface area contributed by atoms with Crippen molar-refractivity contribution in [2.75, 3.05) is 0 Å². The van der Waals surface area contributed by atoms with Crippen molar-refractivity contribution >= 4 is 11.6 Å². The Morgan fingerprint density at radius 3 is 2.17 bits per heavy atom. The number of Topliss-reactive ketones (excluding diaryl/α,β-unsaturated/α-hetero) is 2. The molecule has 2 heteroatoms. The SMILES string of the molecule is Cc1cc(C)c(C(=O)C2CCC(=O)CC2)cc1C. The van der Waals surface area contributed by atoms with E-state index in [1.165, 1.54) is 5.56 Å². The van der Waals surface area contributed by atoms with Gasteiger partial charge in [-0.3, -0.25) is 9.59 Å². The maximum atomic E-state index is 12.5. The van der Waals surface area contributed by atoms with Crippen LogP contribution in [0.3, 0.4) is 0 Å². The molecule has 1 fully saturated rings. The highest BCUT2D eigenvalue weighted by Gasteiger charge is 2.26. The second kappa shape index (κ2) is 5.05. The van der Waals surface area contributed by atoms with Crippen molar-refractivity contribution in [1.82, 2.24) is 0 Å². The minimum Gasteiger partial charge on any atom is -0.300 e. The molecular formula is C16H20O2. The zero-order valence-corrected chi connectivity index (χ0v) is 11.4. The van der Waals surface area contributed by atoms with Crippen molar-refractivity contribution < 1.29 is 9.59 Å². The summed E-state index contributed by atoms with van der Waals surface area (Å²) in [6.07, 6.45) is 2.59. The molecule has 0 heterocycles. The Labute approximate surface area is 108 Å². The van der Waals surface area contributed by atoms with Gasteiger partial charge in [0.2, 0.25) is 0 Å². The van der Waals surface area contributed by atoms with E-state index in [2.05, 4.69) is 13.0 Å². The molecule has 1 aliphatic carbocycles. The van der Waals surface area contributed by atoms with Crippen LogP contribution in [0.5, 0.6) is 0 Å². The van der Waals surface area contributed by atoms with Crippen LogP contribution in [0.25, 0.3) is 0 Å². The first kappa shape index (κ1) is 13.0. The summed E-state index contributed by atoms with van der Waals surface area (Å²) in [4.78, 5) is 23.7. The molecule has 0 amide bonds. The minimum absolute atomic E-state index is 0.0449. The Balaban J connectivity index is 2.23. The fourth-order valence-electron chi connectivity index (χ4n) is 2.65. The lowest BCUT2D eigenvalue weighted by molar-refractivity contribution is -0.120. The monoisotopic (exact) mass is 244 g/mol. The summed E-state index contributed by atoms with van der Waals surface area (Å²) in [5.41, 5.74) is 4.29. The van der Waals surface area contributed by atoms with Crippen LogP contribution in [0.15, 0.2) is 12.1 Å². The van der Waals surface area contributed by atoms with Crippen LogP contribution in [0.2, 0.25) is 0 Å². The molecular weight excluding hydrogens is 224 g/mol. The van der Waals surface area contributed by atoms with Crippen LogP contribution in [-0.4, -0.2) is 11.6 Å². The third-order valence-electron chi connectivity index (χ3n) is 4.02. The lowest BCUT2D eigenvalue weighted by Crippen LogP contribution is -2.22. The van der Waals surface area contributed by atoms with Crippen LogP contribution in [0, 0.1) is 26.7 Å². The van der Waals surface area contributed by atoms with E-state index in [1.807, 2.05) is 19.9 Å². The van der Waals surface area contributed by atoms with Gasteiger partial charge in [0.1, 0.15) is 5.78 Å². The van der Waals surface area contributed by atoms with Gasteiger partial charge in [-0.2, -0.15) is 0 Å². The summed E-state index contributed by atoms with van der Waals surface area (Å²) in [5.74, 6) is 0.572. The highest BCUT2D eigenvalue weighted by atomic mass is 16.1. The standard InChI is InChI=1S/C16H20O2/c1-10-8-12(3)15(9-11(10)2)16(18)13-4-6-14(17)7-5-13/h8-9,13H,4-7H2,1-3H3. The molecule has 96 valence electrons. The van der Waals surface area contributed by atoms with Gasteiger partial charge in [0, 0.05) is 24.3 Å². The number of hydrogen-bond acceptors (Lipinski definition) is 2. The summed E-state index contributed by atoms with van der Waals surface area (Å²) in [6, 6.07) is 4.08. The molecule has 1 aromatic carbocycles. The molecule has 18 heavy (non-hydrogen) atoms. The molecule has 1 aromatic rings. The number of carbonyl (C=O) groups excluding carboxylic acids is 2. The predicted molar refractivity (Wildman–Crippen MR) is 71.9 cm³/mol. The van der Waals surface area contributed by atoms with Gasteiger partial charge in [0.25, 0.3) is 0 Å². The number of hydrogen-bond donors (Lipinski definition) is 0. The molecule has 0 unspecified atom stereocenters. The summed E-state index contributed by atoms with van der Waals surface area (Å²) in [5, 5.41) is 0. The Kier molecular flexibility index (Phi) is 3.65. The Morgan fingerprint density at radius 2 is 1.56 bits per heavy atom. The molecule has 2 nitrogen and oxygen atoms in total. The molecule has 0 spiro atoms. The van der Waals surface area contributed by atoms with E-state index in [4.69, 9.17) is 0 Å². The summed E-state index contributed by atoms with van der Waals surface area (Å²) >= 11 is 0. The van der Waals surface area contributed by atoms with Crippen LogP contribution < -0.4 is 0 Å². The summed E-state index contributed by atoms with van der Waals surface area (Å²) in [7, 11) is 0. The molecule has 0 radical (unpaired) electrons. The number of rotatable bonds is 2. The third-order valence-corrected chi connectivity index (χ3v) is 4.02. The zero-order valence-electron chi connectivity index (χ0n) is 11.4. The maximum absolute atomic E-state index is 12.5. The first-order chi connectivity index (χ1) is 8.49. The molecule has 0 aromatic heterocycles. The van der Waals surface area contributed by atoms with Crippen LogP contribution in [0.4, 0.5) is 0 Å². The van der Waals surface area contributed by atoms with Crippen molar-refractivity contribution in [2.24, 2.45) is 5.92 Å². The van der Waals surface area contributed by atoms with E-state index in [0.717, 1.165) is 29.5 Å². The second-order valence-corrected chi connectivity index (χ2v) is 5.43. The molecule has 0 saturated heterocycles. The Morgan fingerprint density at radius 1 is 1.00 bits per heavy atom. The number of ketones is 2. The Bertz CT molecular complexity index is 490. The normalized spacial score (nSPS) is 16.9. The van der Waals surface area contributed by atoms with E-state index in [9.17, 15) is 9.59 Å². The first-order valence-corrected chi connectivity index (χ1v) is 6.63. The smallest absolute Gasteiger partial charge is 0.166 e. The average molecular weight is 244 g/mol. The summed E-state index contributed by atoms with van der Waals surface area (Å²) in [6.45, 7) is 6.10. The zero-order chi connectivity index (χ0) is 13.3. The van der Waals surface area contributed by atoms with E-state index < -0.39 is 0 Å².